The molecule has 2 unspecified atom stereocenters. The van der Waals surface area contributed by atoms with E-state index in [1.165, 1.54) is 0 Å². The molecule has 180 valence electrons. The van der Waals surface area contributed by atoms with Crippen molar-refractivity contribution < 1.29 is 14.4 Å². The Labute approximate surface area is 201 Å². The van der Waals surface area contributed by atoms with Crippen molar-refractivity contribution in [2.45, 2.75) is 40.5 Å². The number of halogens is 1. The molecule has 2 heterocycles. The highest BCUT2D eigenvalue weighted by Crippen LogP contribution is 2.29. The van der Waals surface area contributed by atoms with Crippen molar-refractivity contribution in [3.8, 4) is 0 Å². The Balaban J connectivity index is 1.67. The lowest BCUT2D eigenvalue weighted by molar-refractivity contribution is -0.130. The quantitative estimate of drug-likeness (QED) is 0.662. The van der Waals surface area contributed by atoms with Gasteiger partial charge in [0.2, 0.25) is 11.8 Å². The first-order valence-electron chi connectivity index (χ1n) is 11.6. The van der Waals surface area contributed by atoms with Gasteiger partial charge in [-0.05, 0) is 56.2 Å². The largest absolute Gasteiger partial charge is 0.374 e. The highest BCUT2D eigenvalue weighted by Gasteiger charge is 2.29. The minimum atomic E-state index is -0.305. The first-order valence-corrected chi connectivity index (χ1v) is 12.0. The van der Waals surface area contributed by atoms with Crippen LogP contribution < -0.4 is 15.5 Å². The van der Waals surface area contributed by atoms with Crippen LogP contribution in [0.2, 0.25) is 5.02 Å². The first-order chi connectivity index (χ1) is 15.6. The van der Waals surface area contributed by atoms with Crippen LogP contribution in [-0.4, -0.2) is 55.8 Å². The summed E-state index contributed by atoms with van der Waals surface area (Å²) in [6.07, 6.45) is 3.94. The van der Waals surface area contributed by atoms with Crippen molar-refractivity contribution in [3.63, 3.8) is 0 Å². The molecule has 0 aromatic heterocycles. The van der Waals surface area contributed by atoms with Crippen LogP contribution in [-0.2, 0) is 9.59 Å². The van der Waals surface area contributed by atoms with Gasteiger partial charge < -0.3 is 20.4 Å². The molecule has 2 N–H and O–H groups in total. The maximum Gasteiger partial charge on any atom is 0.251 e. The summed E-state index contributed by atoms with van der Waals surface area (Å²) in [5.41, 5.74) is 3.15. The molecular formula is C25H35ClN4O3. The van der Waals surface area contributed by atoms with E-state index in [9.17, 15) is 14.4 Å². The molecule has 8 heteroatoms. The van der Waals surface area contributed by atoms with Gasteiger partial charge in [-0.3, -0.25) is 14.4 Å². The number of piperidine rings is 1. The third-order valence-electron chi connectivity index (χ3n) is 6.88. The number of benzene rings is 1. The van der Waals surface area contributed by atoms with Crippen LogP contribution >= 0.6 is 11.6 Å². The number of likely N-dealkylation sites (tertiary alicyclic amines) is 1. The highest BCUT2D eigenvalue weighted by atomic mass is 35.5. The minimum absolute atomic E-state index is 0.0515. The van der Waals surface area contributed by atoms with Crippen molar-refractivity contribution in [2.75, 3.05) is 38.1 Å². The standard InChI is InChI=1S/C25H35ClN4O3/c1-15-10-16(2)28-25(33)22(15)13-27-24(32)21-11-20(26)12-23(17(21)3)29(5)14-19-6-8-30(9-7-19)18(4)31/h10-12,15,19,22H,6-9,13-14H2,1-5H3,(H,27,32)(H,28,33). The van der Waals surface area contributed by atoms with Gasteiger partial charge >= 0.3 is 0 Å². The molecule has 1 aromatic rings. The van der Waals surface area contributed by atoms with Crippen LogP contribution in [0.5, 0.6) is 0 Å². The van der Waals surface area contributed by atoms with Gasteiger partial charge in [-0.25, -0.2) is 0 Å². The lowest BCUT2D eigenvalue weighted by Crippen LogP contribution is -2.44. The summed E-state index contributed by atoms with van der Waals surface area (Å²) >= 11 is 6.40. The fourth-order valence-corrected chi connectivity index (χ4v) is 5.08. The summed E-state index contributed by atoms with van der Waals surface area (Å²) in [5, 5.41) is 6.27. The molecule has 3 amide bonds. The zero-order chi connectivity index (χ0) is 24.3. The zero-order valence-corrected chi connectivity index (χ0v) is 21.0. The third-order valence-corrected chi connectivity index (χ3v) is 7.10. The highest BCUT2D eigenvalue weighted by molar-refractivity contribution is 6.31. The van der Waals surface area contributed by atoms with Crippen LogP contribution in [0.1, 0.15) is 49.5 Å². The van der Waals surface area contributed by atoms with Gasteiger partial charge in [-0.2, -0.15) is 0 Å². The fraction of sp³-hybridized carbons (Fsp3) is 0.560. The van der Waals surface area contributed by atoms with E-state index in [1.807, 2.05) is 44.9 Å². The van der Waals surface area contributed by atoms with Crippen molar-refractivity contribution in [2.24, 2.45) is 17.8 Å². The molecule has 2 aliphatic rings. The van der Waals surface area contributed by atoms with Gasteiger partial charge in [0, 0.05) is 62.1 Å². The number of amides is 3. The number of nitrogens with zero attached hydrogens (tertiary/aromatic N) is 2. The Morgan fingerprint density at radius 1 is 1.24 bits per heavy atom. The van der Waals surface area contributed by atoms with E-state index < -0.39 is 0 Å². The number of allylic oxidation sites excluding steroid dienone is 2. The van der Waals surface area contributed by atoms with Crippen LogP contribution in [0.4, 0.5) is 5.69 Å². The zero-order valence-electron chi connectivity index (χ0n) is 20.2. The predicted octanol–water partition coefficient (Wildman–Crippen LogP) is 3.36. The van der Waals surface area contributed by atoms with E-state index in [4.69, 9.17) is 11.6 Å². The number of rotatable bonds is 6. The second-order valence-electron chi connectivity index (χ2n) is 9.44. The molecule has 1 aromatic carbocycles. The average molecular weight is 475 g/mol. The van der Waals surface area contributed by atoms with Crippen LogP contribution in [0, 0.1) is 24.7 Å². The van der Waals surface area contributed by atoms with Gasteiger partial charge in [-0.15, -0.1) is 0 Å². The van der Waals surface area contributed by atoms with Crippen molar-refractivity contribution in [3.05, 3.63) is 40.1 Å². The van der Waals surface area contributed by atoms with Crippen molar-refractivity contribution >= 4 is 35.0 Å². The van der Waals surface area contributed by atoms with Crippen LogP contribution in [0.25, 0.3) is 0 Å². The third kappa shape index (κ3) is 6.08. The van der Waals surface area contributed by atoms with E-state index in [2.05, 4.69) is 15.5 Å². The summed E-state index contributed by atoms with van der Waals surface area (Å²) in [6.45, 7) is 10.1. The number of hydrogen-bond donors (Lipinski definition) is 2. The summed E-state index contributed by atoms with van der Waals surface area (Å²) in [4.78, 5) is 41.0. The van der Waals surface area contributed by atoms with E-state index in [0.29, 0.717) is 16.5 Å². The smallest absolute Gasteiger partial charge is 0.251 e. The van der Waals surface area contributed by atoms with Gasteiger partial charge in [0.05, 0.1) is 5.92 Å². The molecule has 1 fully saturated rings. The Kier molecular flexibility index (Phi) is 8.05. The molecular weight excluding hydrogens is 440 g/mol. The maximum absolute atomic E-state index is 13.0. The Morgan fingerprint density at radius 3 is 2.52 bits per heavy atom. The number of anilines is 1. The summed E-state index contributed by atoms with van der Waals surface area (Å²) in [6, 6.07) is 3.58. The molecule has 2 aliphatic heterocycles. The number of nitrogens with one attached hydrogen (secondary N) is 2. The fourth-order valence-electron chi connectivity index (χ4n) is 4.87. The van der Waals surface area contributed by atoms with Crippen molar-refractivity contribution in [1.29, 1.82) is 0 Å². The molecule has 7 nitrogen and oxygen atoms in total. The van der Waals surface area contributed by atoms with E-state index in [1.54, 1.807) is 13.0 Å². The van der Waals surface area contributed by atoms with Crippen LogP contribution in [0.15, 0.2) is 23.9 Å². The Hall–Kier alpha value is -2.54. The van der Waals surface area contributed by atoms with E-state index >= 15 is 0 Å². The summed E-state index contributed by atoms with van der Waals surface area (Å²) < 4.78 is 0. The summed E-state index contributed by atoms with van der Waals surface area (Å²) in [7, 11) is 2.01. The van der Waals surface area contributed by atoms with Crippen LogP contribution in [0.3, 0.4) is 0 Å². The molecule has 33 heavy (non-hydrogen) atoms. The lowest BCUT2D eigenvalue weighted by Gasteiger charge is -2.34. The number of hydrogen-bond acceptors (Lipinski definition) is 4. The maximum atomic E-state index is 13.0. The summed E-state index contributed by atoms with van der Waals surface area (Å²) in [5.74, 6) is 0.0572. The average Bonchev–Trinajstić information content (AvgIpc) is 2.74. The molecule has 1 saturated heterocycles. The normalized spacial score (nSPS) is 21.3. The lowest BCUT2D eigenvalue weighted by atomic mass is 9.89. The van der Waals surface area contributed by atoms with Gasteiger partial charge in [-0.1, -0.05) is 24.6 Å². The predicted molar refractivity (Wildman–Crippen MR) is 131 cm³/mol. The van der Waals surface area contributed by atoms with E-state index in [0.717, 1.165) is 49.4 Å². The minimum Gasteiger partial charge on any atom is -0.374 e. The molecule has 0 spiro atoms. The second-order valence-corrected chi connectivity index (χ2v) is 9.88. The molecule has 0 bridgehead atoms. The van der Waals surface area contributed by atoms with Gasteiger partial charge in [0.1, 0.15) is 0 Å². The SMILES string of the molecule is CC(=O)N1CCC(CN(C)c2cc(Cl)cc(C(=O)NCC3C(=O)NC(C)=CC3C)c2C)CC1. The molecule has 0 aliphatic carbocycles. The number of carbonyl (C=O) groups is 3. The topological polar surface area (TPSA) is 81.8 Å². The first kappa shape index (κ1) is 25.1. The molecule has 0 radical (unpaired) electrons. The van der Waals surface area contributed by atoms with Crippen molar-refractivity contribution in [1.82, 2.24) is 15.5 Å². The van der Waals surface area contributed by atoms with E-state index in [-0.39, 0.29) is 36.1 Å². The Bertz CT molecular complexity index is 953. The van der Waals surface area contributed by atoms with Gasteiger partial charge in [0.15, 0.2) is 0 Å². The second kappa shape index (κ2) is 10.6. The Morgan fingerprint density at radius 2 is 1.91 bits per heavy atom. The molecule has 2 atom stereocenters. The number of carbonyl (C=O) groups excluding carboxylic acids is 3. The monoisotopic (exact) mass is 474 g/mol. The molecule has 0 saturated carbocycles. The van der Waals surface area contributed by atoms with Gasteiger partial charge in [0.25, 0.3) is 5.91 Å². The molecule has 3 rings (SSSR count).